The molecule has 0 aliphatic rings. The molecule has 0 aliphatic heterocycles. The highest BCUT2D eigenvalue weighted by Crippen LogP contribution is 2.32. The van der Waals surface area contributed by atoms with Crippen LogP contribution in [-0.2, 0) is 15.4 Å². The molecule has 0 spiro atoms. The Kier molecular flexibility index (Phi) is 5.59. The number of anilines is 1. The average Bonchev–Trinajstić information content (AvgIpc) is 2.52. The van der Waals surface area contributed by atoms with Gasteiger partial charge in [-0.2, -0.15) is 0 Å². The molecule has 130 valence electrons. The normalized spacial score (nSPS) is 11.8. The summed E-state index contributed by atoms with van der Waals surface area (Å²) in [6, 6.07) is 6.29. The van der Waals surface area contributed by atoms with Crippen LogP contribution in [0.3, 0.4) is 0 Å². The number of benzene rings is 1. The lowest BCUT2D eigenvalue weighted by atomic mass is 9.99. The molecule has 0 radical (unpaired) electrons. The van der Waals surface area contributed by atoms with Gasteiger partial charge in [0.15, 0.2) is 0 Å². The first-order chi connectivity index (χ1) is 11.2. The zero-order valence-corrected chi connectivity index (χ0v) is 16.3. The largest absolute Gasteiger partial charge is 0.241 e. The minimum atomic E-state index is -3.52. The highest BCUT2D eigenvalue weighted by Gasteiger charge is 2.23. The number of halogens is 2. The molecule has 0 atom stereocenters. The third kappa shape index (κ3) is 3.75. The van der Waals surface area contributed by atoms with E-state index in [4.69, 9.17) is 0 Å². The second kappa shape index (κ2) is 7.14. The molecule has 0 fully saturated rings. The third-order valence-corrected chi connectivity index (χ3v) is 5.33. The van der Waals surface area contributed by atoms with Crippen molar-refractivity contribution in [3.8, 4) is 11.3 Å². The molecule has 0 amide bonds. The molecule has 0 saturated carbocycles. The third-order valence-electron chi connectivity index (χ3n) is 3.62. The first-order valence-corrected chi connectivity index (χ1v) is 10.3. The van der Waals surface area contributed by atoms with Crippen molar-refractivity contribution in [3.63, 3.8) is 0 Å². The van der Waals surface area contributed by atoms with Gasteiger partial charge < -0.3 is 0 Å². The Morgan fingerprint density at radius 1 is 1.25 bits per heavy atom. The Labute approximate surface area is 150 Å². The van der Waals surface area contributed by atoms with Crippen molar-refractivity contribution < 1.29 is 12.8 Å². The van der Waals surface area contributed by atoms with E-state index in [1.807, 2.05) is 13.8 Å². The molecule has 2 rings (SSSR count). The van der Waals surface area contributed by atoms with Crippen molar-refractivity contribution in [2.75, 3.05) is 17.6 Å². The van der Waals surface area contributed by atoms with E-state index in [1.165, 1.54) is 13.1 Å². The zero-order chi connectivity index (χ0) is 18.1. The fraction of sp³-hybridized carbons (Fsp3) is 0.375. The van der Waals surface area contributed by atoms with Crippen molar-refractivity contribution >= 4 is 31.9 Å². The van der Waals surface area contributed by atoms with Crippen LogP contribution in [0.2, 0.25) is 0 Å². The van der Waals surface area contributed by atoms with E-state index < -0.39 is 15.8 Å². The van der Waals surface area contributed by atoms with Gasteiger partial charge in [-0.05, 0) is 18.1 Å². The summed E-state index contributed by atoms with van der Waals surface area (Å²) in [6.45, 7) is 3.90. The molecule has 1 aromatic heterocycles. The number of nitrogens with zero attached hydrogens (tertiary/aromatic N) is 3. The first-order valence-electron chi connectivity index (χ1n) is 7.32. The lowest BCUT2D eigenvalue weighted by Crippen LogP contribution is -2.27. The van der Waals surface area contributed by atoms with Crippen LogP contribution in [0, 0.1) is 5.82 Å². The van der Waals surface area contributed by atoms with E-state index in [-0.39, 0.29) is 11.9 Å². The van der Waals surface area contributed by atoms with Gasteiger partial charge in [-0.25, -0.2) is 27.1 Å². The Bertz CT molecular complexity index is 856. The predicted molar refractivity (Wildman–Crippen MR) is 97.4 cm³/mol. The fourth-order valence-electron chi connectivity index (χ4n) is 2.26. The SMILES string of the molecule is CC(C)c1nc(N(C)S(C)(=O)=O)nc(-c2ccccc2F)c1CBr. The average molecular weight is 416 g/mol. The van der Waals surface area contributed by atoms with E-state index in [0.717, 1.165) is 16.1 Å². The van der Waals surface area contributed by atoms with Gasteiger partial charge >= 0.3 is 0 Å². The summed E-state index contributed by atoms with van der Waals surface area (Å²) in [5.74, 6) is -0.358. The van der Waals surface area contributed by atoms with Crippen LogP contribution >= 0.6 is 15.9 Å². The number of alkyl halides is 1. The van der Waals surface area contributed by atoms with Gasteiger partial charge in [0.25, 0.3) is 0 Å². The molecule has 0 aliphatic carbocycles. The fourth-order valence-corrected chi connectivity index (χ4v) is 3.19. The molecule has 1 heterocycles. The lowest BCUT2D eigenvalue weighted by Gasteiger charge is -2.20. The maximum Gasteiger partial charge on any atom is 0.239 e. The second-order valence-corrected chi connectivity index (χ2v) is 8.31. The highest BCUT2D eigenvalue weighted by atomic mass is 79.9. The molecule has 0 saturated heterocycles. The van der Waals surface area contributed by atoms with E-state index in [0.29, 0.717) is 22.3 Å². The molecule has 0 N–H and O–H groups in total. The summed E-state index contributed by atoms with van der Waals surface area (Å²) in [5.41, 5.74) is 2.15. The van der Waals surface area contributed by atoms with Crippen LogP contribution in [0.1, 0.15) is 31.0 Å². The molecule has 1 aromatic carbocycles. The van der Waals surface area contributed by atoms with Crippen molar-refractivity contribution in [3.05, 3.63) is 41.3 Å². The summed E-state index contributed by atoms with van der Waals surface area (Å²) in [6.07, 6.45) is 1.08. The lowest BCUT2D eigenvalue weighted by molar-refractivity contribution is 0.599. The van der Waals surface area contributed by atoms with Crippen LogP contribution in [0.25, 0.3) is 11.3 Å². The summed E-state index contributed by atoms with van der Waals surface area (Å²) in [7, 11) is -2.14. The molecular weight excluding hydrogens is 397 g/mol. The van der Waals surface area contributed by atoms with Crippen LogP contribution in [0.5, 0.6) is 0 Å². The molecular formula is C16H19BrFN3O2S. The van der Waals surface area contributed by atoms with E-state index >= 15 is 0 Å². The molecule has 0 bridgehead atoms. The van der Waals surface area contributed by atoms with Crippen molar-refractivity contribution in [2.24, 2.45) is 0 Å². The van der Waals surface area contributed by atoms with E-state index in [9.17, 15) is 12.8 Å². The van der Waals surface area contributed by atoms with Gasteiger partial charge in [-0.3, -0.25) is 0 Å². The van der Waals surface area contributed by atoms with Crippen molar-refractivity contribution in [1.29, 1.82) is 0 Å². The van der Waals surface area contributed by atoms with Gasteiger partial charge in [-0.15, -0.1) is 0 Å². The Morgan fingerprint density at radius 2 is 1.88 bits per heavy atom. The number of rotatable bonds is 5. The van der Waals surface area contributed by atoms with Gasteiger partial charge in [-0.1, -0.05) is 41.9 Å². The monoisotopic (exact) mass is 415 g/mol. The Hall–Kier alpha value is -1.54. The van der Waals surface area contributed by atoms with Crippen LogP contribution < -0.4 is 4.31 Å². The van der Waals surface area contributed by atoms with Crippen LogP contribution in [0.4, 0.5) is 10.3 Å². The zero-order valence-electron chi connectivity index (χ0n) is 13.9. The second-order valence-electron chi connectivity index (χ2n) is 5.73. The van der Waals surface area contributed by atoms with Crippen LogP contribution in [0.15, 0.2) is 24.3 Å². The highest BCUT2D eigenvalue weighted by molar-refractivity contribution is 9.08. The molecule has 2 aromatic rings. The summed E-state index contributed by atoms with van der Waals surface area (Å²) in [4.78, 5) is 8.76. The van der Waals surface area contributed by atoms with E-state index in [1.54, 1.807) is 18.2 Å². The van der Waals surface area contributed by atoms with Crippen molar-refractivity contribution in [2.45, 2.75) is 25.1 Å². The number of sulfonamides is 1. The number of aromatic nitrogens is 2. The van der Waals surface area contributed by atoms with Gasteiger partial charge in [0, 0.05) is 23.5 Å². The summed E-state index contributed by atoms with van der Waals surface area (Å²) < 4.78 is 39.0. The van der Waals surface area contributed by atoms with Gasteiger partial charge in [0.2, 0.25) is 16.0 Å². The van der Waals surface area contributed by atoms with Crippen LogP contribution in [-0.4, -0.2) is 31.7 Å². The quantitative estimate of drug-likeness (QED) is 0.698. The molecule has 8 heteroatoms. The summed E-state index contributed by atoms with van der Waals surface area (Å²) in [5, 5.41) is 0.438. The number of hydrogen-bond acceptors (Lipinski definition) is 4. The Morgan fingerprint density at radius 3 is 2.38 bits per heavy atom. The van der Waals surface area contributed by atoms with E-state index in [2.05, 4.69) is 25.9 Å². The standard InChI is InChI=1S/C16H19BrFN3O2S/c1-10(2)14-12(9-17)15(11-7-5-6-8-13(11)18)20-16(19-14)21(3)24(4,22)23/h5-8,10H,9H2,1-4H3. The predicted octanol–water partition coefficient (Wildman–Crippen LogP) is 3.70. The summed E-state index contributed by atoms with van der Waals surface area (Å²) >= 11 is 3.42. The molecule has 5 nitrogen and oxygen atoms in total. The minimum absolute atomic E-state index is 0.0257. The molecule has 0 unspecified atom stereocenters. The maximum absolute atomic E-state index is 14.3. The number of hydrogen-bond donors (Lipinski definition) is 0. The smallest absolute Gasteiger partial charge is 0.239 e. The molecule has 24 heavy (non-hydrogen) atoms. The van der Waals surface area contributed by atoms with Crippen molar-refractivity contribution in [1.82, 2.24) is 9.97 Å². The van der Waals surface area contributed by atoms with Gasteiger partial charge in [0.05, 0.1) is 17.6 Å². The Balaban J connectivity index is 2.82. The maximum atomic E-state index is 14.3. The first kappa shape index (κ1) is 18.8. The van der Waals surface area contributed by atoms with Gasteiger partial charge in [0.1, 0.15) is 5.82 Å². The topological polar surface area (TPSA) is 63.2 Å². The minimum Gasteiger partial charge on any atom is -0.241 e.